The minimum atomic E-state index is -0.451. The van der Waals surface area contributed by atoms with Gasteiger partial charge in [0.05, 0.1) is 21.4 Å². The van der Waals surface area contributed by atoms with Crippen molar-refractivity contribution in [1.82, 2.24) is 9.88 Å². The molecule has 1 fully saturated rings. The monoisotopic (exact) mass is 497 g/mol. The van der Waals surface area contributed by atoms with E-state index >= 15 is 0 Å². The molecule has 10 heteroatoms. The Balaban J connectivity index is 1.42. The molecule has 0 N–H and O–H groups in total. The van der Waals surface area contributed by atoms with Crippen molar-refractivity contribution in [3.8, 4) is 5.75 Å². The van der Waals surface area contributed by atoms with Crippen molar-refractivity contribution < 1.29 is 14.5 Å². The second-order valence-electron chi connectivity index (χ2n) is 7.03. The number of benzene rings is 2. The van der Waals surface area contributed by atoms with Crippen LogP contribution in [0.4, 0.5) is 5.69 Å². The van der Waals surface area contributed by atoms with Crippen LogP contribution in [0.3, 0.4) is 0 Å². The number of amides is 1. The highest BCUT2D eigenvalue weighted by molar-refractivity contribution is 8.26. The van der Waals surface area contributed by atoms with Gasteiger partial charge in [-0.05, 0) is 53.1 Å². The summed E-state index contributed by atoms with van der Waals surface area (Å²) in [5, 5.41) is 11.1. The van der Waals surface area contributed by atoms with Crippen LogP contribution in [0, 0.1) is 10.1 Å². The molecule has 0 saturated carbocycles. The number of non-ortho nitro benzene ring substituents is 1. The van der Waals surface area contributed by atoms with E-state index in [0.717, 1.165) is 16.7 Å². The molecule has 0 spiro atoms. The fourth-order valence-corrected chi connectivity index (χ4v) is 4.56. The van der Waals surface area contributed by atoms with Crippen LogP contribution in [-0.2, 0) is 17.9 Å². The molecule has 166 valence electrons. The molecule has 0 aliphatic carbocycles. The van der Waals surface area contributed by atoms with E-state index < -0.39 is 4.92 Å². The van der Waals surface area contributed by atoms with Gasteiger partial charge in [0, 0.05) is 24.5 Å². The van der Waals surface area contributed by atoms with E-state index in [2.05, 4.69) is 4.98 Å². The van der Waals surface area contributed by atoms with E-state index in [9.17, 15) is 14.9 Å². The second-order valence-corrected chi connectivity index (χ2v) is 9.11. The lowest BCUT2D eigenvalue weighted by molar-refractivity contribution is -0.384. The molecule has 7 nitrogen and oxygen atoms in total. The second kappa shape index (κ2) is 10.1. The van der Waals surface area contributed by atoms with E-state index in [1.165, 1.54) is 23.9 Å². The van der Waals surface area contributed by atoms with Crippen LogP contribution in [-0.4, -0.2) is 25.0 Å². The minimum Gasteiger partial charge on any atom is -0.487 e. The number of nitrogens with zero attached hydrogens (tertiary/aromatic N) is 3. The molecule has 3 aromatic rings. The van der Waals surface area contributed by atoms with Crippen LogP contribution in [0.1, 0.15) is 16.7 Å². The smallest absolute Gasteiger partial charge is 0.269 e. The lowest BCUT2D eigenvalue weighted by Crippen LogP contribution is -2.27. The first-order chi connectivity index (χ1) is 15.9. The Kier molecular flexibility index (Phi) is 7.02. The molecule has 1 saturated heterocycles. The zero-order valence-corrected chi connectivity index (χ0v) is 19.4. The number of pyridine rings is 1. The highest BCUT2D eigenvalue weighted by Gasteiger charge is 2.32. The zero-order chi connectivity index (χ0) is 23.4. The summed E-state index contributed by atoms with van der Waals surface area (Å²) in [6, 6.07) is 15.0. The first-order valence-corrected chi connectivity index (χ1v) is 11.3. The SMILES string of the molecule is O=C1/C(=C\c2ccc(OCc3ccc([N+](=O)[O-])cc3)c(Cl)c2)SC(=S)N1Cc1cccnc1. The molecule has 0 bridgehead atoms. The predicted molar refractivity (Wildman–Crippen MR) is 132 cm³/mol. The molecule has 0 radical (unpaired) electrons. The Labute approximate surface area is 204 Å². The maximum Gasteiger partial charge on any atom is 0.269 e. The van der Waals surface area contributed by atoms with Gasteiger partial charge in [-0.25, -0.2) is 0 Å². The number of thioether (sulfide) groups is 1. The number of carbonyl (C=O) groups excluding carboxylic acids is 1. The molecule has 1 aliphatic rings. The van der Waals surface area contributed by atoms with Gasteiger partial charge in [0.25, 0.3) is 11.6 Å². The number of ether oxygens (including phenoxy) is 1. The Morgan fingerprint density at radius 2 is 1.97 bits per heavy atom. The van der Waals surface area contributed by atoms with Crippen molar-refractivity contribution >= 4 is 57.6 Å². The average Bonchev–Trinajstić information content (AvgIpc) is 3.07. The van der Waals surface area contributed by atoms with Crippen molar-refractivity contribution in [2.75, 3.05) is 0 Å². The summed E-state index contributed by atoms with van der Waals surface area (Å²) in [5.41, 5.74) is 2.43. The third-order valence-electron chi connectivity index (χ3n) is 4.73. The number of nitro groups is 1. The quantitative estimate of drug-likeness (QED) is 0.181. The van der Waals surface area contributed by atoms with Crippen LogP contribution < -0.4 is 4.74 Å². The molecular formula is C23H16ClN3O4S2. The van der Waals surface area contributed by atoms with Crippen molar-refractivity contribution in [3.63, 3.8) is 0 Å². The van der Waals surface area contributed by atoms with Gasteiger partial charge < -0.3 is 4.74 Å². The number of hydrogen-bond acceptors (Lipinski definition) is 7. The van der Waals surface area contributed by atoms with Gasteiger partial charge in [-0.3, -0.25) is 24.8 Å². The maximum absolute atomic E-state index is 12.8. The van der Waals surface area contributed by atoms with Crippen LogP contribution in [0.25, 0.3) is 6.08 Å². The lowest BCUT2D eigenvalue weighted by Gasteiger charge is -2.13. The Morgan fingerprint density at radius 1 is 1.18 bits per heavy atom. The summed E-state index contributed by atoms with van der Waals surface area (Å²) in [6.07, 6.45) is 5.13. The third kappa shape index (κ3) is 5.57. The lowest BCUT2D eigenvalue weighted by atomic mass is 10.2. The van der Waals surface area contributed by atoms with Crippen molar-refractivity contribution in [2.24, 2.45) is 0 Å². The fraction of sp³-hybridized carbons (Fsp3) is 0.0870. The summed E-state index contributed by atoms with van der Waals surface area (Å²) in [5.74, 6) is 0.305. The largest absolute Gasteiger partial charge is 0.487 e. The summed E-state index contributed by atoms with van der Waals surface area (Å²) < 4.78 is 6.23. The molecule has 1 aromatic heterocycles. The van der Waals surface area contributed by atoms with Crippen LogP contribution in [0.5, 0.6) is 5.75 Å². The highest BCUT2D eigenvalue weighted by atomic mass is 35.5. The van der Waals surface area contributed by atoms with Gasteiger partial charge in [-0.1, -0.05) is 47.7 Å². The van der Waals surface area contributed by atoms with Gasteiger partial charge in [-0.2, -0.15) is 0 Å². The first kappa shape index (κ1) is 22.9. The van der Waals surface area contributed by atoms with Crippen molar-refractivity contribution in [3.05, 3.63) is 104 Å². The minimum absolute atomic E-state index is 0.0204. The number of hydrogen-bond donors (Lipinski definition) is 0. The fourth-order valence-electron chi connectivity index (χ4n) is 3.06. The van der Waals surface area contributed by atoms with E-state index in [0.29, 0.717) is 26.5 Å². The van der Waals surface area contributed by atoms with Crippen LogP contribution in [0.15, 0.2) is 71.9 Å². The normalized spacial score (nSPS) is 14.7. The van der Waals surface area contributed by atoms with E-state index in [4.69, 9.17) is 28.6 Å². The molecule has 4 rings (SSSR count). The molecule has 0 unspecified atom stereocenters. The van der Waals surface area contributed by atoms with Gasteiger partial charge in [0.1, 0.15) is 16.7 Å². The molecule has 1 aliphatic heterocycles. The van der Waals surface area contributed by atoms with Crippen LogP contribution in [0.2, 0.25) is 5.02 Å². The number of carbonyl (C=O) groups is 1. The standard InChI is InChI=1S/C23H16ClN3O4S2/c24-19-10-16(5-8-20(19)31-14-15-3-6-18(7-4-15)27(29)30)11-21-22(28)26(23(32)33-21)13-17-2-1-9-25-12-17/h1-12H,13-14H2/b21-11+. The topological polar surface area (TPSA) is 85.6 Å². The molecule has 1 amide bonds. The predicted octanol–water partition coefficient (Wildman–Crippen LogP) is 5.62. The summed E-state index contributed by atoms with van der Waals surface area (Å²) in [4.78, 5) is 29.3. The first-order valence-electron chi connectivity index (χ1n) is 9.70. The van der Waals surface area contributed by atoms with Crippen molar-refractivity contribution in [2.45, 2.75) is 13.2 Å². The van der Waals surface area contributed by atoms with Gasteiger partial charge in [0.15, 0.2) is 0 Å². The van der Waals surface area contributed by atoms with Gasteiger partial charge in [0.2, 0.25) is 0 Å². The summed E-state index contributed by atoms with van der Waals surface area (Å²) in [6.45, 7) is 0.579. The van der Waals surface area contributed by atoms with Crippen molar-refractivity contribution in [1.29, 1.82) is 0 Å². The number of thiocarbonyl (C=S) groups is 1. The maximum atomic E-state index is 12.8. The third-order valence-corrected chi connectivity index (χ3v) is 6.41. The number of nitro benzene ring substituents is 1. The zero-order valence-electron chi connectivity index (χ0n) is 17.0. The van der Waals surface area contributed by atoms with E-state index in [-0.39, 0.29) is 18.2 Å². The Hall–Kier alpha value is -3.27. The number of rotatable bonds is 7. The van der Waals surface area contributed by atoms with Gasteiger partial charge in [-0.15, -0.1) is 0 Å². The molecule has 2 aromatic carbocycles. The molecular weight excluding hydrogens is 482 g/mol. The molecule has 33 heavy (non-hydrogen) atoms. The Morgan fingerprint density at radius 3 is 2.64 bits per heavy atom. The molecule has 2 heterocycles. The van der Waals surface area contributed by atoms with Crippen LogP contribution >= 0.6 is 35.6 Å². The number of halogens is 1. The average molecular weight is 498 g/mol. The summed E-state index contributed by atoms with van der Waals surface area (Å²) in [7, 11) is 0. The number of aromatic nitrogens is 1. The van der Waals surface area contributed by atoms with E-state index in [1.807, 2.05) is 12.1 Å². The highest BCUT2D eigenvalue weighted by Crippen LogP contribution is 2.35. The molecule has 0 atom stereocenters. The van der Waals surface area contributed by atoms with E-state index in [1.54, 1.807) is 53.7 Å². The summed E-state index contributed by atoms with van der Waals surface area (Å²) >= 11 is 13.0. The van der Waals surface area contributed by atoms with Gasteiger partial charge >= 0.3 is 0 Å². The Bertz CT molecular complexity index is 1250.